The van der Waals surface area contributed by atoms with Crippen molar-refractivity contribution >= 4 is 21.9 Å². The highest BCUT2D eigenvalue weighted by molar-refractivity contribution is 9.10. The predicted octanol–water partition coefficient (Wildman–Crippen LogP) is 3.56. The minimum absolute atomic E-state index is 0.134. The highest BCUT2D eigenvalue weighted by Gasteiger charge is 2.04. The van der Waals surface area contributed by atoms with E-state index in [1.807, 2.05) is 0 Å². The Labute approximate surface area is 105 Å². The van der Waals surface area contributed by atoms with Gasteiger partial charge in [-0.2, -0.15) is 0 Å². The lowest BCUT2D eigenvalue weighted by molar-refractivity contribution is -0.140. The van der Waals surface area contributed by atoms with Crippen LogP contribution in [0.1, 0.15) is 29.5 Å². The van der Waals surface area contributed by atoms with E-state index in [1.54, 1.807) is 0 Å². The number of hydrogen-bond acceptors (Lipinski definition) is 2. The molecule has 0 aliphatic rings. The average Bonchev–Trinajstić information content (AvgIpc) is 2.25. The normalized spacial score (nSPS) is 10.2. The van der Waals surface area contributed by atoms with Crippen molar-refractivity contribution in [2.75, 3.05) is 7.11 Å². The van der Waals surface area contributed by atoms with Crippen LogP contribution in [-0.4, -0.2) is 13.1 Å². The summed E-state index contributed by atoms with van der Waals surface area (Å²) in [6, 6.07) is 4.32. The van der Waals surface area contributed by atoms with E-state index in [9.17, 15) is 4.79 Å². The third-order valence-corrected chi connectivity index (χ3v) is 3.82. The maximum atomic E-state index is 11.0. The number of rotatable bonds is 4. The summed E-state index contributed by atoms with van der Waals surface area (Å²) in [5.41, 5.74) is 3.77. The molecule has 16 heavy (non-hydrogen) atoms. The molecule has 1 aromatic rings. The third-order valence-electron chi connectivity index (χ3n) is 2.57. The van der Waals surface area contributed by atoms with Crippen molar-refractivity contribution in [3.63, 3.8) is 0 Å². The van der Waals surface area contributed by atoms with Gasteiger partial charge >= 0.3 is 5.97 Å². The number of hydrogen-bond donors (Lipinski definition) is 0. The summed E-state index contributed by atoms with van der Waals surface area (Å²) in [5.74, 6) is -0.134. The lowest BCUT2D eigenvalue weighted by Crippen LogP contribution is -2.00. The quantitative estimate of drug-likeness (QED) is 0.791. The first-order chi connectivity index (χ1) is 7.54. The van der Waals surface area contributed by atoms with Gasteiger partial charge in [0.25, 0.3) is 0 Å². The highest BCUT2D eigenvalue weighted by Crippen LogP contribution is 2.23. The summed E-state index contributed by atoms with van der Waals surface area (Å²) < 4.78 is 5.78. The molecular weight excluding hydrogens is 268 g/mol. The first-order valence-corrected chi connectivity index (χ1v) is 6.16. The van der Waals surface area contributed by atoms with Crippen molar-refractivity contribution in [1.29, 1.82) is 0 Å². The second-order valence-electron chi connectivity index (χ2n) is 3.97. The van der Waals surface area contributed by atoms with Gasteiger partial charge in [-0.1, -0.05) is 28.1 Å². The summed E-state index contributed by atoms with van der Waals surface area (Å²) >= 11 is 3.54. The number of benzene rings is 1. The molecule has 0 atom stereocenters. The molecule has 0 unspecified atom stereocenters. The van der Waals surface area contributed by atoms with E-state index < -0.39 is 0 Å². The van der Waals surface area contributed by atoms with Crippen molar-refractivity contribution in [2.24, 2.45) is 0 Å². The van der Waals surface area contributed by atoms with Gasteiger partial charge in [-0.3, -0.25) is 4.79 Å². The fourth-order valence-electron chi connectivity index (χ4n) is 1.72. The van der Waals surface area contributed by atoms with Crippen LogP contribution in [0.15, 0.2) is 16.6 Å². The zero-order valence-corrected chi connectivity index (χ0v) is 11.6. The molecule has 0 N–H and O–H groups in total. The van der Waals surface area contributed by atoms with Gasteiger partial charge in [-0.15, -0.1) is 0 Å². The van der Waals surface area contributed by atoms with Crippen LogP contribution in [0.2, 0.25) is 0 Å². The van der Waals surface area contributed by atoms with Gasteiger partial charge in [-0.05, 0) is 43.4 Å². The van der Waals surface area contributed by atoms with Crippen LogP contribution in [0.4, 0.5) is 0 Å². The Morgan fingerprint density at radius 2 is 1.88 bits per heavy atom. The molecule has 3 heteroatoms. The van der Waals surface area contributed by atoms with Crippen molar-refractivity contribution in [1.82, 2.24) is 0 Å². The lowest BCUT2D eigenvalue weighted by Gasteiger charge is -2.07. The molecule has 0 aliphatic heterocycles. The van der Waals surface area contributed by atoms with Crippen molar-refractivity contribution in [3.8, 4) is 0 Å². The second-order valence-corrected chi connectivity index (χ2v) is 4.77. The maximum Gasteiger partial charge on any atom is 0.305 e. The molecule has 0 spiro atoms. The molecule has 0 radical (unpaired) electrons. The Morgan fingerprint density at radius 3 is 2.38 bits per heavy atom. The van der Waals surface area contributed by atoms with Gasteiger partial charge in [0.05, 0.1) is 7.11 Å². The first kappa shape index (κ1) is 13.2. The summed E-state index contributed by atoms with van der Waals surface area (Å²) in [7, 11) is 1.43. The van der Waals surface area contributed by atoms with Crippen molar-refractivity contribution < 1.29 is 9.53 Å². The minimum atomic E-state index is -0.134. The van der Waals surface area contributed by atoms with Crippen LogP contribution in [0.5, 0.6) is 0 Å². The van der Waals surface area contributed by atoms with Crippen LogP contribution in [0.25, 0.3) is 0 Å². The smallest absolute Gasteiger partial charge is 0.305 e. The largest absolute Gasteiger partial charge is 0.469 e. The standard InChI is InChI=1S/C13H17BrO2/c1-9-7-11(8-10(2)13(9)14)5-4-6-12(15)16-3/h7-8H,4-6H2,1-3H3. The van der Waals surface area contributed by atoms with Crippen molar-refractivity contribution in [3.05, 3.63) is 33.3 Å². The topological polar surface area (TPSA) is 26.3 Å². The molecule has 0 aromatic heterocycles. The molecule has 0 saturated heterocycles. The molecule has 1 aromatic carbocycles. The minimum Gasteiger partial charge on any atom is -0.469 e. The second kappa shape index (κ2) is 6.04. The molecule has 2 nitrogen and oxygen atoms in total. The molecule has 88 valence electrons. The van der Waals surface area contributed by atoms with Gasteiger partial charge in [0.2, 0.25) is 0 Å². The number of methoxy groups -OCH3 is 1. The Kier molecular flexibility index (Phi) is 5.00. The van der Waals surface area contributed by atoms with E-state index in [4.69, 9.17) is 0 Å². The monoisotopic (exact) mass is 284 g/mol. The predicted molar refractivity (Wildman–Crippen MR) is 68.6 cm³/mol. The summed E-state index contributed by atoms with van der Waals surface area (Å²) in [6.07, 6.45) is 2.25. The van der Waals surface area contributed by atoms with Gasteiger partial charge < -0.3 is 4.74 Å². The van der Waals surface area contributed by atoms with Crippen LogP contribution in [0, 0.1) is 13.8 Å². The number of ether oxygens (including phenoxy) is 1. The van der Waals surface area contributed by atoms with E-state index in [1.165, 1.54) is 28.3 Å². The average molecular weight is 285 g/mol. The number of carbonyl (C=O) groups is 1. The number of aryl methyl sites for hydroxylation is 3. The fourth-order valence-corrected chi connectivity index (χ4v) is 1.95. The van der Waals surface area contributed by atoms with Gasteiger partial charge in [-0.25, -0.2) is 0 Å². The Morgan fingerprint density at radius 1 is 1.31 bits per heavy atom. The van der Waals surface area contributed by atoms with Crippen LogP contribution >= 0.6 is 15.9 Å². The highest BCUT2D eigenvalue weighted by atomic mass is 79.9. The summed E-state index contributed by atoms with van der Waals surface area (Å²) in [6.45, 7) is 4.17. The van der Waals surface area contributed by atoms with Gasteiger partial charge in [0, 0.05) is 10.9 Å². The molecule has 0 bridgehead atoms. The molecule has 0 amide bonds. The Balaban J connectivity index is 2.58. The Hall–Kier alpha value is -0.830. The zero-order valence-electron chi connectivity index (χ0n) is 9.97. The number of halogens is 1. The molecule has 0 heterocycles. The van der Waals surface area contributed by atoms with E-state index in [0.29, 0.717) is 6.42 Å². The maximum absolute atomic E-state index is 11.0. The van der Waals surface area contributed by atoms with Crippen molar-refractivity contribution in [2.45, 2.75) is 33.1 Å². The molecule has 0 saturated carbocycles. The molecule has 0 aliphatic carbocycles. The first-order valence-electron chi connectivity index (χ1n) is 5.37. The van der Waals surface area contributed by atoms with Gasteiger partial charge in [0.1, 0.15) is 0 Å². The SMILES string of the molecule is COC(=O)CCCc1cc(C)c(Br)c(C)c1. The summed E-state index contributed by atoms with van der Waals surface area (Å²) in [4.78, 5) is 11.0. The van der Waals surface area contributed by atoms with Crippen LogP contribution < -0.4 is 0 Å². The molecule has 0 fully saturated rings. The van der Waals surface area contributed by atoms with Crippen LogP contribution in [0.3, 0.4) is 0 Å². The van der Waals surface area contributed by atoms with Gasteiger partial charge in [0.15, 0.2) is 0 Å². The van der Waals surface area contributed by atoms with Crippen LogP contribution in [-0.2, 0) is 16.0 Å². The third kappa shape index (κ3) is 3.63. The fraction of sp³-hybridized carbons (Fsp3) is 0.462. The molecular formula is C13H17BrO2. The Bertz CT molecular complexity index is 363. The van der Waals surface area contributed by atoms with E-state index in [0.717, 1.165) is 12.8 Å². The molecule has 1 rings (SSSR count). The van der Waals surface area contributed by atoms with E-state index in [-0.39, 0.29) is 5.97 Å². The van der Waals surface area contributed by atoms with E-state index in [2.05, 4.69) is 46.6 Å². The number of carbonyl (C=O) groups excluding carboxylic acids is 1. The lowest BCUT2D eigenvalue weighted by atomic mass is 10.0. The van der Waals surface area contributed by atoms with E-state index >= 15 is 0 Å². The number of esters is 1. The summed E-state index contributed by atoms with van der Waals surface area (Å²) in [5, 5.41) is 0. The zero-order chi connectivity index (χ0) is 12.1.